The Labute approximate surface area is 135 Å². The van der Waals surface area contributed by atoms with Crippen molar-refractivity contribution < 1.29 is 33.9 Å². The van der Waals surface area contributed by atoms with E-state index in [4.69, 9.17) is 9.79 Å². The highest BCUT2D eigenvalue weighted by molar-refractivity contribution is 7.80. The number of nitrogens with one attached hydrogen (secondary N) is 2. The molecule has 0 rings (SSSR count). The molecule has 0 saturated heterocycles. The first kappa shape index (κ1) is 21.8. The maximum Gasteiger partial charge on any atom is 0.469 e. The van der Waals surface area contributed by atoms with Gasteiger partial charge < -0.3 is 25.3 Å². The van der Waals surface area contributed by atoms with Gasteiger partial charge in [0, 0.05) is 30.7 Å². The van der Waals surface area contributed by atoms with Gasteiger partial charge in [0.25, 0.3) is 0 Å². The maximum absolute atomic E-state index is 11.8. The molecule has 1 unspecified atom stereocenters. The maximum atomic E-state index is 11.8. The predicted molar refractivity (Wildman–Crippen MR) is 83.3 cm³/mol. The van der Waals surface area contributed by atoms with Crippen molar-refractivity contribution in [3.05, 3.63) is 0 Å². The highest BCUT2D eigenvalue weighted by Crippen LogP contribution is 2.38. The van der Waals surface area contributed by atoms with E-state index in [0.717, 1.165) is 0 Å². The Balaban J connectivity index is 4.21. The van der Waals surface area contributed by atoms with Crippen molar-refractivity contribution in [2.75, 3.05) is 25.4 Å². The van der Waals surface area contributed by atoms with Crippen LogP contribution in [0, 0.1) is 5.41 Å². The third kappa shape index (κ3) is 9.75. The summed E-state index contributed by atoms with van der Waals surface area (Å²) in [5, 5.41) is 24.6. The second-order valence-corrected chi connectivity index (χ2v) is 7.11. The van der Waals surface area contributed by atoms with Crippen molar-refractivity contribution >= 4 is 26.4 Å². The number of hydrogen-bond donors (Lipinski definition) is 7. The largest absolute Gasteiger partial charge is 0.469 e. The van der Waals surface area contributed by atoms with Crippen LogP contribution in [-0.4, -0.2) is 63.7 Å². The van der Waals surface area contributed by atoms with Crippen molar-refractivity contribution in [1.82, 2.24) is 10.6 Å². The number of hydrogen-bond acceptors (Lipinski definition) is 7. The molecule has 0 aromatic rings. The van der Waals surface area contributed by atoms with Crippen LogP contribution in [0.25, 0.3) is 0 Å². The molecule has 0 aliphatic heterocycles. The highest BCUT2D eigenvalue weighted by atomic mass is 32.1. The Hall–Kier alpha value is -0.190. The van der Waals surface area contributed by atoms with Gasteiger partial charge in [-0.2, -0.15) is 12.6 Å². The molecule has 22 heavy (non-hydrogen) atoms. The number of rotatable bonds is 11. The smallest absolute Gasteiger partial charge is 0.383 e. The van der Waals surface area contributed by atoms with Gasteiger partial charge in [0.05, 0.1) is 6.61 Å². The standard InChI is InChI=1S/C11H25N2O7PS/c1-11(2,7-20-21(17,18)19)9(15)10(16)13-4-3-8(14)12-5-6-22/h8-9,12,14-15,22H,3-7H2,1-2H3,(H,13,16)(H2,17,18,19)/t8?,9-/m0/s1. The number of thiol groups is 1. The van der Waals surface area contributed by atoms with E-state index in [2.05, 4.69) is 27.8 Å². The molecule has 0 aliphatic rings. The van der Waals surface area contributed by atoms with Crippen molar-refractivity contribution in [3.8, 4) is 0 Å². The van der Waals surface area contributed by atoms with E-state index in [0.29, 0.717) is 12.3 Å². The molecule has 1 amide bonds. The predicted octanol–water partition coefficient (Wildman–Crippen LogP) is -1.17. The van der Waals surface area contributed by atoms with Crippen LogP contribution in [0.5, 0.6) is 0 Å². The first-order chi connectivity index (χ1) is 9.99. The Morgan fingerprint density at radius 3 is 2.41 bits per heavy atom. The van der Waals surface area contributed by atoms with Gasteiger partial charge in [-0.3, -0.25) is 14.6 Å². The van der Waals surface area contributed by atoms with E-state index in [-0.39, 0.29) is 13.0 Å². The lowest BCUT2D eigenvalue weighted by molar-refractivity contribution is -0.137. The third-order valence-corrected chi connectivity index (χ3v) is 3.49. The van der Waals surface area contributed by atoms with Crippen molar-refractivity contribution in [1.29, 1.82) is 0 Å². The van der Waals surface area contributed by atoms with Crippen LogP contribution in [0.4, 0.5) is 0 Å². The zero-order chi connectivity index (χ0) is 17.4. The van der Waals surface area contributed by atoms with Crippen LogP contribution in [0.15, 0.2) is 0 Å². The van der Waals surface area contributed by atoms with Gasteiger partial charge in [-0.15, -0.1) is 0 Å². The number of carbonyl (C=O) groups excluding carboxylic acids is 1. The van der Waals surface area contributed by atoms with Crippen LogP contribution in [0.2, 0.25) is 0 Å². The van der Waals surface area contributed by atoms with E-state index >= 15 is 0 Å². The van der Waals surface area contributed by atoms with Crippen molar-refractivity contribution in [3.63, 3.8) is 0 Å². The zero-order valence-electron chi connectivity index (χ0n) is 12.6. The molecule has 9 nitrogen and oxygen atoms in total. The summed E-state index contributed by atoms with van der Waals surface area (Å²) in [5.41, 5.74) is -1.19. The summed E-state index contributed by atoms with van der Waals surface area (Å²) < 4.78 is 15.0. The van der Waals surface area contributed by atoms with Crippen molar-refractivity contribution in [2.24, 2.45) is 5.41 Å². The molecule has 0 bridgehead atoms. The van der Waals surface area contributed by atoms with E-state index in [1.807, 2.05) is 0 Å². The Bertz CT molecular complexity index is 391. The molecule has 0 spiro atoms. The van der Waals surface area contributed by atoms with Gasteiger partial charge in [-0.1, -0.05) is 13.8 Å². The normalized spacial score (nSPS) is 15.4. The van der Waals surface area contributed by atoms with Crippen LogP contribution >= 0.6 is 20.5 Å². The van der Waals surface area contributed by atoms with Crippen LogP contribution in [0.3, 0.4) is 0 Å². The number of amides is 1. The van der Waals surface area contributed by atoms with Gasteiger partial charge >= 0.3 is 7.82 Å². The van der Waals surface area contributed by atoms with Crippen LogP contribution in [0.1, 0.15) is 20.3 Å². The lowest BCUT2D eigenvalue weighted by Gasteiger charge is -2.29. The monoisotopic (exact) mass is 360 g/mol. The summed E-state index contributed by atoms with van der Waals surface area (Å²) in [6.07, 6.45) is -2.07. The molecule has 0 saturated carbocycles. The fourth-order valence-electron chi connectivity index (χ4n) is 1.45. The molecule has 0 heterocycles. The third-order valence-electron chi connectivity index (χ3n) is 2.80. The summed E-state index contributed by atoms with van der Waals surface area (Å²) in [6, 6.07) is 0. The summed E-state index contributed by atoms with van der Waals surface area (Å²) >= 11 is 3.97. The lowest BCUT2D eigenvalue weighted by Crippen LogP contribution is -2.46. The second-order valence-electron chi connectivity index (χ2n) is 5.43. The molecule has 132 valence electrons. The number of aliphatic hydroxyl groups excluding tert-OH is 2. The van der Waals surface area contributed by atoms with Gasteiger partial charge in [0.15, 0.2) is 0 Å². The van der Waals surface area contributed by atoms with Gasteiger partial charge in [-0.05, 0) is 0 Å². The van der Waals surface area contributed by atoms with Gasteiger partial charge in [0.1, 0.15) is 12.3 Å². The minimum atomic E-state index is -4.67. The average molecular weight is 360 g/mol. The minimum Gasteiger partial charge on any atom is -0.383 e. The molecule has 0 fully saturated rings. The number of carbonyl (C=O) groups is 1. The molecule has 0 aromatic carbocycles. The molecule has 2 atom stereocenters. The quantitative estimate of drug-likeness (QED) is 0.138. The molecule has 0 radical (unpaired) electrons. The fraction of sp³-hybridized carbons (Fsp3) is 0.909. The van der Waals surface area contributed by atoms with Gasteiger partial charge in [-0.25, -0.2) is 4.57 Å². The Kier molecular flexibility index (Phi) is 9.75. The van der Waals surface area contributed by atoms with Crippen molar-refractivity contribution in [2.45, 2.75) is 32.6 Å². The number of phosphoric ester groups is 1. The molecule has 6 N–H and O–H groups in total. The highest BCUT2D eigenvalue weighted by Gasteiger charge is 2.35. The molecule has 11 heteroatoms. The number of phosphoric acid groups is 1. The Morgan fingerprint density at radius 1 is 1.32 bits per heavy atom. The summed E-state index contributed by atoms with van der Waals surface area (Å²) in [7, 11) is -4.67. The van der Waals surface area contributed by atoms with Crippen LogP contribution in [-0.2, 0) is 13.9 Å². The first-order valence-corrected chi connectivity index (χ1v) is 8.84. The molecule has 0 aliphatic carbocycles. The Morgan fingerprint density at radius 2 is 1.91 bits per heavy atom. The lowest BCUT2D eigenvalue weighted by atomic mass is 9.87. The summed E-state index contributed by atoms with van der Waals surface area (Å²) in [6.45, 7) is 3.05. The number of aliphatic hydroxyl groups is 2. The first-order valence-electron chi connectivity index (χ1n) is 6.68. The second kappa shape index (κ2) is 9.84. The van der Waals surface area contributed by atoms with E-state index in [1.54, 1.807) is 0 Å². The SMILES string of the molecule is CC(C)(COP(=O)(O)O)[C@@H](O)C(=O)NCCC(O)NCCS. The van der Waals surface area contributed by atoms with E-state index < -0.39 is 38.1 Å². The summed E-state index contributed by atoms with van der Waals surface area (Å²) in [5.74, 6) is -0.142. The fourth-order valence-corrected chi connectivity index (χ4v) is 2.08. The van der Waals surface area contributed by atoms with Gasteiger partial charge in [0.2, 0.25) is 5.91 Å². The molecular formula is C11H25N2O7PS. The van der Waals surface area contributed by atoms with E-state index in [1.165, 1.54) is 13.8 Å². The average Bonchev–Trinajstić information content (AvgIpc) is 2.41. The topological polar surface area (TPSA) is 148 Å². The molecular weight excluding hydrogens is 335 g/mol. The summed E-state index contributed by atoms with van der Waals surface area (Å²) in [4.78, 5) is 29.1. The minimum absolute atomic E-state index is 0.131. The molecule has 0 aromatic heterocycles. The zero-order valence-corrected chi connectivity index (χ0v) is 14.4. The van der Waals surface area contributed by atoms with E-state index in [9.17, 15) is 19.6 Å². The van der Waals surface area contributed by atoms with Crippen LogP contribution < -0.4 is 10.6 Å².